The van der Waals surface area contributed by atoms with E-state index < -0.39 is 22.0 Å². The van der Waals surface area contributed by atoms with Gasteiger partial charge in [0.1, 0.15) is 12.8 Å². The number of hydrogen-bond donors (Lipinski definition) is 1. The Hall–Kier alpha value is -0.980. The van der Waals surface area contributed by atoms with E-state index >= 15 is 0 Å². The number of amides is 3. The summed E-state index contributed by atoms with van der Waals surface area (Å²) in [4.78, 5) is 34.1. The van der Waals surface area contributed by atoms with Gasteiger partial charge in [0.2, 0.25) is 0 Å². The molecule has 0 aromatic heterocycles. The highest BCUT2D eigenvalue weighted by Crippen LogP contribution is 2.17. The number of nitrogens with zero attached hydrogens (tertiary/aromatic N) is 2. The van der Waals surface area contributed by atoms with Crippen LogP contribution in [0, 0.1) is 0 Å². The number of halogens is 1. The molecular formula is C7H10ClN2O4+. The van der Waals surface area contributed by atoms with Crippen molar-refractivity contribution in [2.45, 2.75) is 13.2 Å². The summed E-state index contributed by atoms with van der Waals surface area (Å²) in [5.41, 5.74) is 0. The lowest BCUT2D eigenvalue weighted by molar-refractivity contribution is -0.646. The van der Waals surface area contributed by atoms with Gasteiger partial charge in [0, 0.05) is 0 Å². The number of piperazine rings is 1. The fraction of sp³-hybridized carbons (Fsp3) is 0.571. The van der Waals surface area contributed by atoms with Crippen molar-refractivity contribution in [2.24, 2.45) is 0 Å². The molecule has 1 N–H and O–H groups in total. The molecule has 0 bridgehead atoms. The van der Waals surface area contributed by atoms with E-state index in [9.17, 15) is 14.4 Å². The first-order valence-electron chi connectivity index (χ1n) is 3.99. The maximum absolute atomic E-state index is 11.3. The van der Waals surface area contributed by atoms with Crippen molar-refractivity contribution >= 4 is 30.0 Å². The first-order chi connectivity index (χ1) is 6.42. The van der Waals surface area contributed by atoms with E-state index in [4.69, 9.17) is 16.9 Å². The lowest BCUT2D eigenvalue weighted by Gasteiger charge is -2.32. The third kappa shape index (κ3) is 1.63. The van der Waals surface area contributed by atoms with E-state index in [2.05, 4.69) is 0 Å². The second-order valence-corrected chi connectivity index (χ2v) is 3.64. The number of imide groups is 1. The van der Waals surface area contributed by atoms with Crippen molar-refractivity contribution in [2.75, 3.05) is 13.1 Å². The lowest BCUT2D eigenvalue weighted by atomic mass is 10.3. The third-order valence-electron chi connectivity index (χ3n) is 2.07. The number of quaternary nitrogens is 1. The highest BCUT2D eigenvalue weighted by atomic mass is 35.5. The Morgan fingerprint density at radius 1 is 1.64 bits per heavy atom. The quantitative estimate of drug-likeness (QED) is 0.362. The zero-order chi connectivity index (χ0) is 10.9. The zero-order valence-electron chi connectivity index (χ0n) is 7.51. The van der Waals surface area contributed by atoms with Crippen molar-refractivity contribution in [1.29, 1.82) is 0 Å². The molecule has 14 heavy (non-hydrogen) atoms. The van der Waals surface area contributed by atoms with Crippen molar-refractivity contribution in [1.82, 2.24) is 4.90 Å². The molecule has 1 fully saturated rings. The topological polar surface area (TPSA) is 74.7 Å². The molecule has 1 rings (SSSR count). The molecule has 1 saturated heterocycles. The molecular weight excluding hydrogens is 212 g/mol. The highest BCUT2D eigenvalue weighted by molar-refractivity contribution is 6.38. The van der Waals surface area contributed by atoms with Gasteiger partial charge in [0.15, 0.2) is 11.8 Å². The predicted molar refractivity (Wildman–Crippen MR) is 45.4 cm³/mol. The third-order valence-corrected chi connectivity index (χ3v) is 2.47. The Morgan fingerprint density at radius 2 is 2.21 bits per heavy atom. The number of hydrogen-bond acceptors (Lipinski definition) is 4. The summed E-state index contributed by atoms with van der Waals surface area (Å²) >= 11 is 5.57. The van der Waals surface area contributed by atoms with Crippen LogP contribution in [0.2, 0.25) is 0 Å². The summed E-state index contributed by atoms with van der Waals surface area (Å²) in [6, 6.07) is 0. The summed E-state index contributed by atoms with van der Waals surface area (Å²) in [5.74, 6) is -1.97. The average Bonchev–Trinajstić information content (AvgIpc) is 2.14. The summed E-state index contributed by atoms with van der Waals surface area (Å²) in [7, 11) is 0. The largest absolute Gasteiger partial charge is 0.428 e. The average molecular weight is 222 g/mol. The normalized spacial score (nSPS) is 30.4. The number of carbonyl (C=O) groups excluding carboxylic acids is 3. The van der Waals surface area contributed by atoms with Crippen LogP contribution in [-0.2, 0) is 14.4 Å². The van der Waals surface area contributed by atoms with E-state index in [1.54, 1.807) is 0 Å². The Morgan fingerprint density at radius 3 is 2.64 bits per heavy atom. The molecule has 0 aromatic carbocycles. The molecule has 2 unspecified atom stereocenters. The summed E-state index contributed by atoms with van der Waals surface area (Å²) in [5, 5.41) is 9.12. The van der Waals surface area contributed by atoms with E-state index in [-0.39, 0.29) is 19.5 Å². The Balaban J connectivity index is 2.90. The van der Waals surface area contributed by atoms with Gasteiger partial charge in [-0.2, -0.15) is 0 Å². The van der Waals surface area contributed by atoms with Gasteiger partial charge >= 0.3 is 18.2 Å². The van der Waals surface area contributed by atoms with E-state index in [0.29, 0.717) is 0 Å². The van der Waals surface area contributed by atoms with Gasteiger partial charge in [0.05, 0.1) is 6.54 Å². The summed E-state index contributed by atoms with van der Waals surface area (Å²) in [6.45, 7) is 1.41. The fourth-order valence-electron chi connectivity index (χ4n) is 1.20. The second kappa shape index (κ2) is 3.64. The molecule has 1 aliphatic rings. The predicted octanol–water partition coefficient (Wildman–Crippen LogP) is -1.18. The van der Waals surface area contributed by atoms with Gasteiger partial charge in [-0.15, -0.1) is 0 Å². The van der Waals surface area contributed by atoms with Crippen LogP contribution in [0.3, 0.4) is 0 Å². The second-order valence-electron chi connectivity index (χ2n) is 3.04. The van der Waals surface area contributed by atoms with Gasteiger partial charge in [-0.05, 0) is 6.92 Å². The molecule has 0 spiro atoms. The lowest BCUT2D eigenvalue weighted by Crippen LogP contribution is -2.62. The molecule has 3 amide bonds. The zero-order valence-corrected chi connectivity index (χ0v) is 8.27. The van der Waals surface area contributed by atoms with Crippen LogP contribution in [0.1, 0.15) is 6.92 Å². The molecule has 0 saturated carbocycles. The number of aliphatic hydroxyl groups is 1. The minimum Gasteiger partial charge on any atom is -0.374 e. The maximum atomic E-state index is 11.3. The Labute approximate surface area is 85.3 Å². The summed E-state index contributed by atoms with van der Waals surface area (Å²) < 4.78 is -1.07. The summed E-state index contributed by atoms with van der Waals surface area (Å²) in [6.07, 6.45) is -0.843. The number of rotatable bonds is 2. The van der Waals surface area contributed by atoms with Gasteiger partial charge < -0.3 is 5.11 Å². The van der Waals surface area contributed by atoms with Crippen LogP contribution < -0.4 is 0 Å². The highest BCUT2D eigenvalue weighted by Gasteiger charge is 2.49. The standard InChI is InChI=1S/C7H10ClN2O4/c1-5(12)9-2-3-10(8,4-11)7(14)6(9)13/h4-5,12H,2-3H2,1H3/q+1. The van der Waals surface area contributed by atoms with Gasteiger partial charge in [-0.3, -0.25) is 9.69 Å². The number of aliphatic hydroxyl groups excluding tert-OH is 1. The van der Waals surface area contributed by atoms with Crippen LogP contribution in [0.15, 0.2) is 0 Å². The first kappa shape index (κ1) is 11.1. The minimum atomic E-state index is -1.07. The molecule has 0 aliphatic carbocycles. The van der Waals surface area contributed by atoms with Crippen LogP contribution in [0.5, 0.6) is 0 Å². The monoisotopic (exact) mass is 221 g/mol. The van der Waals surface area contributed by atoms with Gasteiger partial charge in [-0.1, -0.05) is 4.00 Å². The Bertz CT molecular complexity index is 293. The smallest absolute Gasteiger partial charge is 0.374 e. The Kier molecular flexibility index (Phi) is 2.89. The van der Waals surface area contributed by atoms with E-state index in [1.165, 1.54) is 6.92 Å². The van der Waals surface area contributed by atoms with Crippen molar-refractivity contribution in [3.63, 3.8) is 0 Å². The van der Waals surface area contributed by atoms with Gasteiger partial charge in [0.25, 0.3) is 0 Å². The van der Waals surface area contributed by atoms with Crippen molar-refractivity contribution in [3.05, 3.63) is 0 Å². The van der Waals surface area contributed by atoms with Gasteiger partial charge in [-0.25, -0.2) is 9.59 Å². The molecule has 7 heteroatoms. The fourth-order valence-corrected chi connectivity index (χ4v) is 1.34. The molecule has 0 radical (unpaired) electrons. The van der Waals surface area contributed by atoms with Crippen LogP contribution >= 0.6 is 11.8 Å². The van der Waals surface area contributed by atoms with E-state index in [1.807, 2.05) is 0 Å². The molecule has 6 nitrogen and oxygen atoms in total. The van der Waals surface area contributed by atoms with Crippen LogP contribution in [-0.4, -0.2) is 51.6 Å². The van der Waals surface area contributed by atoms with Crippen molar-refractivity contribution < 1.29 is 23.5 Å². The first-order valence-corrected chi connectivity index (χ1v) is 4.33. The van der Waals surface area contributed by atoms with Crippen molar-refractivity contribution in [3.8, 4) is 0 Å². The minimum absolute atomic E-state index is 0.0273. The van der Waals surface area contributed by atoms with Crippen LogP contribution in [0.4, 0.5) is 0 Å². The molecule has 2 atom stereocenters. The SMILES string of the molecule is CC(O)N1CC[N+](Cl)(C=O)C(=O)C1=O. The van der Waals surface area contributed by atoms with E-state index in [0.717, 1.165) is 4.90 Å². The molecule has 0 aromatic rings. The van der Waals surface area contributed by atoms with Crippen LogP contribution in [0.25, 0.3) is 0 Å². The molecule has 78 valence electrons. The molecule has 1 heterocycles. The number of carbonyl (C=O) groups is 3. The maximum Gasteiger partial charge on any atom is 0.428 e. The molecule has 1 aliphatic heterocycles.